The number of rotatable bonds is 2. The highest BCUT2D eigenvalue weighted by Gasteiger charge is 2.13. The molecule has 0 atom stereocenters. The summed E-state index contributed by atoms with van der Waals surface area (Å²) in [6.07, 6.45) is 1.18. The van der Waals surface area contributed by atoms with Gasteiger partial charge in [0.1, 0.15) is 5.82 Å². The van der Waals surface area contributed by atoms with Gasteiger partial charge >= 0.3 is 0 Å². The zero-order valence-corrected chi connectivity index (χ0v) is 10.3. The molecule has 17 heavy (non-hydrogen) atoms. The highest BCUT2D eigenvalue weighted by molar-refractivity contribution is 5.46. The Morgan fingerprint density at radius 3 is 2.82 bits per heavy atom. The zero-order chi connectivity index (χ0) is 12.3. The van der Waals surface area contributed by atoms with Gasteiger partial charge in [-0.2, -0.15) is 0 Å². The van der Waals surface area contributed by atoms with Gasteiger partial charge in [-0.25, -0.2) is 4.39 Å². The summed E-state index contributed by atoms with van der Waals surface area (Å²) in [6, 6.07) is 4.67. The van der Waals surface area contributed by atoms with Crippen molar-refractivity contribution in [1.82, 2.24) is 9.80 Å². The first-order valence-electron chi connectivity index (χ1n) is 6.10. The fraction of sp³-hybridized carbons (Fsp3) is 0.538. The van der Waals surface area contributed by atoms with E-state index in [0.29, 0.717) is 5.69 Å². The van der Waals surface area contributed by atoms with Crippen molar-refractivity contribution < 1.29 is 4.39 Å². The average Bonchev–Trinajstić information content (AvgIpc) is 2.48. The number of nitrogen functional groups attached to an aromatic ring is 1. The molecule has 0 amide bonds. The monoisotopic (exact) mass is 237 g/mol. The second-order valence-electron chi connectivity index (χ2n) is 4.78. The molecule has 2 N–H and O–H groups in total. The molecule has 0 aromatic heterocycles. The standard InChI is InChI=1S/C13H20FN3/c1-16-5-2-6-17(8-7-16)10-11-3-4-12(14)9-13(11)15/h3-4,9H,2,5-8,10,15H2,1H3. The molecular weight excluding hydrogens is 217 g/mol. The van der Waals surface area contributed by atoms with Gasteiger partial charge in [0.25, 0.3) is 0 Å². The Hall–Kier alpha value is -1.13. The normalized spacial score (nSPS) is 19.2. The van der Waals surface area contributed by atoms with Crippen molar-refractivity contribution in [3.63, 3.8) is 0 Å². The minimum Gasteiger partial charge on any atom is -0.398 e. The Bertz CT molecular complexity index is 381. The molecule has 2 rings (SSSR count). The summed E-state index contributed by atoms with van der Waals surface area (Å²) in [5.74, 6) is -0.262. The van der Waals surface area contributed by atoms with Crippen LogP contribution in [0.3, 0.4) is 0 Å². The van der Waals surface area contributed by atoms with Gasteiger partial charge in [-0.3, -0.25) is 4.90 Å². The first-order chi connectivity index (χ1) is 8.15. The molecule has 0 saturated carbocycles. The number of anilines is 1. The smallest absolute Gasteiger partial charge is 0.125 e. The Morgan fingerprint density at radius 2 is 2.06 bits per heavy atom. The lowest BCUT2D eigenvalue weighted by Gasteiger charge is -2.20. The van der Waals surface area contributed by atoms with E-state index in [1.807, 2.05) is 0 Å². The molecule has 1 fully saturated rings. The van der Waals surface area contributed by atoms with Crippen LogP contribution in [0, 0.1) is 5.82 Å². The van der Waals surface area contributed by atoms with Crippen LogP contribution in [0.1, 0.15) is 12.0 Å². The zero-order valence-electron chi connectivity index (χ0n) is 10.3. The molecule has 1 aliphatic heterocycles. The Morgan fingerprint density at radius 1 is 1.24 bits per heavy atom. The van der Waals surface area contributed by atoms with Crippen molar-refractivity contribution in [3.8, 4) is 0 Å². The quantitative estimate of drug-likeness (QED) is 0.792. The lowest BCUT2D eigenvalue weighted by Crippen LogP contribution is -2.28. The van der Waals surface area contributed by atoms with Crippen LogP contribution >= 0.6 is 0 Å². The van der Waals surface area contributed by atoms with Gasteiger partial charge < -0.3 is 10.6 Å². The van der Waals surface area contributed by atoms with Crippen molar-refractivity contribution in [2.45, 2.75) is 13.0 Å². The number of benzene rings is 1. The van der Waals surface area contributed by atoms with Crippen molar-refractivity contribution >= 4 is 5.69 Å². The lowest BCUT2D eigenvalue weighted by atomic mass is 10.1. The summed E-state index contributed by atoms with van der Waals surface area (Å²) in [7, 11) is 2.15. The van der Waals surface area contributed by atoms with E-state index < -0.39 is 0 Å². The molecular formula is C13H20FN3. The predicted molar refractivity (Wildman–Crippen MR) is 68.2 cm³/mol. The van der Waals surface area contributed by atoms with Crippen LogP contribution in [0.25, 0.3) is 0 Å². The largest absolute Gasteiger partial charge is 0.398 e. The van der Waals surface area contributed by atoms with Crippen LogP contribution in [-0.4, -0.2) is 43.0 Å². The first-order valence-corrected chi connectivity index (χ1v) is 6.10. The van der Waals surface area contributed by atoms with E-state index >= 15 is 0 Å². The van der Waals surface area contributed by atoms with E-state index in [1.54, 1.807) is 6.07 Å². The van der Waals surface area contributed by atoms with Crippen molar-refractivity contribution in [3.05, 3.63) is 29.6 Å². The molecule has 1 aromatic rings. The number of nitrogens with zero attached hydrogens (tertiary/aromatic N) is 2. The maximum atomic E-state index is 12.9. The molecule has 4 heteroatoms. The molecule has 0 bridgehead atoms. The Labute approximate surface area is 102 Å². The van der Waals surface area contributed by atoms with Crippen LogP contribution in [0.2, 0.25) is 0 Å². The number of hydrogen-bond acceptors (Lipinski definition) is 3. The molecule has 0 radical (unpaired) electrons. The third kappa shape index (κ3) is 3.41. The van der Waals surface area contributed by atoms with Gasteiger partial charge in [-0.15, -0.1) is 0 Å². The van der Waals surface area contributed by atoms with Crippen molar-refractivity contribution in [2.75, 3.05) is 39.0 Å². The molecule has 1 saturated heterocycles. The maximum absolute atomic E-state index is 12.9. The summed E-state index contributed by atoms with van der Waals surface area (Å²) in [6.45, 7) is 5.19. The Balaban J connectivity index is 2.00. The van der Waals surface area contributed by atoms with E-state index in [4.69, 9.17) is 5.73 Å². The summed E-state index contributed by atoms with van der Waals surface area (Å²) in [5, 5.41) is 0. The number of likely N-dealkylation sites (N-methyl/N-ethyl adjacent to an activating group) is 1. The van der Waals surface area contributed by atoms with Crippen molar-refractivity contribution in [2.24, 2.45) is 0 Å². The second kappa shape index (κ2) is 5.47. The molecule has 0 spiro atoms. The third-order valence-corrected chi connectivity index (χ3v) is 3.31. The van der Waals surface area contributed by atoms with E-state index in [9.17, 15) is 4.39 Å². The van der Waals surface area contributed by atoms with Crippen LogP contribution < -0.4 is 5.73 Å². The summed E-state index contributed by atoms with van der Waals surface area (Å²) >= 11 is 0. The van der Waals surface area contributed by atoms with Gasteiger partial charge in [0.2, 0.25) is 0 Å². The minimum atomic E-state index is -0.262. The maximum Gasteiger partial charge on any atom is 0.125 e. The molecule has 1 aliphatic rings. The van der Waals surface area contributed by atoms with Crippen molar-refractivity contribution in [1.29, 1.82) is 0 Å². The van der Waals surface area contributed by atoms with Gasteiger partial charge in [0, 0.05) is 25.3 Å². The second-order valence-corrected chi connectivity index (χ2v) is 4.78. The van der Waals surface area contributed by atoms with E-state index in [2.05, 4.69) is 16.8 Å². The van der Waals surface area contributed by atoms with Crippen LogP contribution in [0.15, 0.2) is 18.2 Å². The third-order valence-electron chi connectivity index (χ3n) is 3.31. The fourth-order valence-electron chi connectivity index (χ4n) is 2.21. The van der Waals surface area contributed by atoms with Gasteiger partial charge in [-0.05, 0) is 44.3 Å². The average molecular weight is 237 g/mol. The van der Waals surface area contributed by atoms with Gasteiger partial charge in [0.05, 0.1) is 0 Å². The summed E-state index contributed by atoms with van der Waals surface area (Å²) in [5.41, 5.74) is 7.41. The number of hydrogen-bond donors (Lipinski definition) is 1. The number of halogens is 1. The van der Waals surface area contributed by atoms with Crippen LogP contribution in [-0.2, 0) is 6.54 Å². The molecule has 1 heterocycles. The minimum absolute atomic E-state index is 0.262. The molecule has 0 unspecified atom stereocenters. The molecule has 3 nitrogen and oxygen atoms in total. The molecule has 0 aliphatic carbocycles. The first kappa shape index (κ1) is 12.3. The summed E-state index contributed by atoms with van der Waals surface area (Å²) in [4.78, 5) is 4.72. The SMILES string of the molecule is CN1CCCN(Cc2ccc(F)cc2N)CC1. The van der Waals surface area contributed by atoms with Gasteiger partial charge in [0.15, 0.2) is 0 Å². The molecule has 1 aromatic carbocycles. The fourth-order valence-corrected chi connectivity index (χ4v) is 2.21. The Kier molecular flexibility index (Phi) is 3.97. The van der Waals surface area contributed by atoms with Gasteiger partial charge in [-0.1, -0.05) is 6.07 Å². The highest BCUT2D eigenvalue weighted by atomic mass is 19.1. The van der Waals surface area contributed by atoms with Crippen LogP contribution in [0.4, 0.5) is 10.1 Å². The van der Waals surface area contributed by atoms with E-state index in [0.717, 1.165) is 38.3 Å². The highest BCUT2D eigenvalue weighted by Crippen LogP contribution is 2.16. The van der Waals surface area contributed by atoms with E-state index in [-0.39, 0.29) is 5.82 Å². The van der Waals surface area contributed by atoms with E-state index in [1.165, 1.54) is 18.6 Å². The summed E-state index contributed by atoms with van der Waals surface area (Å²) < 4.78 is 12.9. The number of nitrogens with two attached hydrogens (primary N) is 1. The lowest BCUT2D eigenvalue weighted by molar-refractivity contribution is 0.269. The predicted octanol–water partition coefficient (Wildman–Crippen LogP) is 1.55. The van der Waals surface area contributed by atoms with Crippen LogP contribution in [0.5, 0.6) is 0 Å². The molecule has 94 valence electrons. The topological polar surface area (TPSA) is 32.5 Å².